The summed E-state index contributed by atoms with van der Waals surface area (Å²) in [5.41, 5.74) is 1.20. The van der Waals surface area contributed by atoms with Gasteiger partial charge in [0.1, 0.15) is 0 Å². The van der Waals surface area contributed by atoms with Gasteiger partial charge in [0.05, 0.1) is 7.11 Å². The first-order chi connectivity index (χ1) is 10.2. The molecule has 2 saturated heterocycles. The van der Waals surface area contributed by atoms with Gasteiger partial charge in [0.25, 0.3) is 0 Å². The molecule has 0 aliphatic carbocycles. The topological polar surface area (TPSA) is 48.0 Å². The fourth-order valence-corrected chi connectivity index (χ4v) is 3.19. The van der Waals surface area contributed by atoms with Gasteiger partial charge in [-0.05, 0) is 24.6 Å². The molecule has 2 heterocycles. The van der Waals surface area contributed by atoms with E-state index in [1.807, 2.05) is 12.1 Å². The highest BCUT2D eigenvalue weighted by atomic mass is 16.5. The van der Waals surface area contributed by atoms with Crippen LogP contribution in [0.3, 0.4) is 0 Å². The lowest BCUT2D eigenvalue weighted by molar-refractivity contribution is 0.0551. The van der Waals surface area contributed by atoms with E-state index < -0.39 is 0 Å². The zero-order chi connectivity index (χ0) is 14.8. The van der Waals surface area contributed by atoms with Crippen LogP contribution in [0.2, 0.25) is 0 Å². The third-order valence-corrected chi connectivity index (χ3v) is 4.86. The Kier molecular flexibility index (Phi) is 4.33. The molecule has 116 valence electrons. The summed E-state index contributed by atoms with van der Waals surface area (Å²) >= 11 is 0. The number of hydrogen-bond acceptors (Lipinski definition) is 5. The summed E-state index contributed by atoms with van der Waals surface area (Å²) in [5, 5.41) is 13.0. The van der Waals surface area contributed by atoms with Crippen LogP contribution in [-0.4, -0.2) is 67.3 Å². The molecule has 0 aromatic heterocycles. The maximum absolute atomic E-state index is 9.71. The summed E-state index contributed by atoms with van der Waals surface area (Å²) < 4.78 is 5.21. The summed E-state index contributed by atoms with van der Waals surface area (Å²) in [4.78, 5) is 5.10. The number of hydrogen-bond donors (Lipinski definition) is 2. The van der Waals surface area contributed by atoms with Gasteiger partial charge in [-0.25, -0.2) is 0 Å². The third-order valence-electron chi connectivity index (χ3n) is 4.86. The van der Waals surface area contributed by atoms with Gasteiger partial charge in [-0.3, -0.25) is 9.80 Å². The average Bonchev–Trinajstić information content (AvgIpc) is 2.46. The molecule has 2 N–H and O–H groups in total. The van der Waals surface area contributed by atoms with E-state index in [2.05, 4.69) is 22.0 Å². The Labute approximate surface area is 126 Å². The second-order valence-corrected chi connectivity index (χ2v) is 5.99. The fourth-order valence-electron chi connectivity index (χ4n) is 3.19. The highest BCUT2D eigenvalue weighted by Crippen LogP contribution is 2.31. The molecule has 0 amide bonds. The second kappa shape index (κ2) is 6.22. The van der Waals surface area contributed by atoms with Gasteiger partial charge < -0.3 is 15.2 Å². The predicted molar refractivity (Wildman–Crippen MR) is 82.9 cm³/mol. The SMILES string of the molecule is COc1cc(C(C)N2CCN(C3CNC3)CC2)ccc1O. The van der Waals surface area contributed by atoms with Crippen LogP contribution < -0.4 is 10.1 Å². The van der Waals surface area contributed by atoms with Crippen LogP contribution in [0.4, 0.5) is 0 Å². The van der Waals surface area contributed by atoms with E-state index in [0.29, 0.717) is 11.8 Å². The first kappa shape index (κ1) is 14.6. The van der Waals surface area contributed by atoms with Crippen LogP contribution in [0.1, 0.15) is 18.5 Å². The molecular weight excluding hydrogens is 266 g/mol. The number of methoxy groups -OCH3 is 1. The lowest BCUT2D eigenvalue weighted by Crippen LogP contribution is -2.61. The molecule has 2 fully saturated rings. The zero-order valence-corrected chi connectivity index (χ0v) is 12.9. The van der Waals surface area contributed by atoms with Gasteiger partial charge in [-0.2, -0.15) is 0 Å². The number of piperazine rings is 1. The Bertz CT molecular complexity index is 482. The number of phenolic OH excluding ortho intramolecular Hbond substituents is 1. The molecule has 5 nitrogen and oxygen atoms in total. The molecular formula is C16H25N3O2. The van der Waals surface area contributed by atoms with Crippen LogP contribution in [-0.2, 0) is 0 Å². The molecule has 2 aliphatic heterocycles. The molecule has 1 aromatic carbocycles. The van der Waals surface area contributed by atoms with E-state index in [4.69, 9.17) is 4.74 Å². The van der Waals surface area contributed by atoms with Crippen LogP contribution in [0, 0.1) is 0 Å². The summed E-state index contributed by atoms with van der Waals surface area (Å²) in [5.74, 6) is 0.759. The summed E-state index contributed by atoms with van der Waals surface area (Å²) in [6, 6.07) is 6.76. The second-order valence-electron chi connectivity index (χ2n) is 5.99. The van der Waals surface area contributed by atoms with Gasteiger partial charge in [0, 0.05) is 51.4 Å². The Morgan fingerprint density at radius 2 is 1.95 bits per heavy atom. The van der Waals surface area contributed by atoms with E-state index in [1.54, 1.807) is 13.2 Å². The molecule has 1 aromatic rings. The van der Waals surface area contributed by atoms with Gasteiger partial charge >= 0.3 is 0 Å². The Morgan fingerprint density at radius 3 is 2.52 bits per heavy atom. The van der Waals surface area contributed by atoms with Crippen molar-refractivity contribution in [2.24, 2.45) is 0 Å². The van der Waals surface area contributed by atoms with Crippen molar-refractivity contribution in [3.8, 4) is 11.5 Å². The normalized spacial score (nSPS) is 22.8. The molecule has 0 radical (unpaired) electrons. The first-order valence-electron chi connectivity index (χ1n) is 7.74. The van der Waals surface area contributed by atoms with E-state index in [1.165, 1.54) is 5.56 Å². The molecule has 5 heteroatoms. The minimum Gasteiger partial charge on any atom is -0.504 e. The minimum atomic E-state index is 0.204. The third kappa shape index (κ3) is 3.00. The predicted octanol–water partition coefficient (Wildman–Crippen LogP) is 1.05. The van der Waals surface area contributed by atoms with Gasteiger partial charge in [0.2, 0.25) is 0 Å². The number of nitrogens with one attached hydrogen (secondary N) is 1. The number of aromatic hydroxyl groups is 1. The van der Waals surface area contributed by atoms with Crippen molar-refractivity contribution in [2.45, 2.75) is 19.0 Å². The van der Waals surface area contributed by atoms with E-state index >= 15 is 0 Å². The standard InChI is InChI=1S/C16H25N3O2/c1-12(13-3-4-15(20)16(9-13)21-2)18-5-7-19(8-6-18)14-10-17-11-14/h3-4,9,12,14,17,20H,5-8,10-11H2,1-2H3. The van der Waals surface area contributed by atoms with Crippen LogP contribution in [0.15, 0.2) is 18.2 Å². The van der Waals surface area contributed by atoms with E-state index in [9.17, 15) is 5.11 Å². The first-order valence-corrected chi connectivity index (χ1v) is 7.74. The number of ether oxygens (including phenoxy) is 1. The molecule has 0 spiro atoms. The summed E-state index contributed by atoms with van der Waals surface area (Å²) in [7, 11) is 1.59. The molecule has 1 atom stereocenters. The lowest BCUT2D eigenvalue weighted by atomic mass is 10.0. The number of nitrogens with zero attached hydrogens (tertiary/aromatic N) is 2. The molecule has 0 bridgehead atoms. The Balaban J connectivity index is 1.61. The number of rotatable bonds is 4. The van der Waals surface area contributed by atoms with Gasteiger partial charge in [-0.15, -0.1) is 0 Å². The lowest BCUT2D eigenvalue weighted by Gasteiger charge is -2.44. The van der Waals surface area contributed by atoms with Gasteiger partial charge in [-0.1, -0.05) is 6.07 Å². The van der Waals surface area contributed by atoms with Crippen molar-refractivity contribution in [2.75, 3.05) is 46.4 Å². The van der Waals surface area contributed by atoms with Crippen LogP contribution >= 0.6 is 0 Å². The van der Waals surface area contributed by atoms with Crippen molar-refractivity contribution in [3.05, 3.63) is 23.8 Å². The molecule has 1 unspecified atom stereocenters. The average molecular weight is 291 g/mol. The van der Waals surface area contributed by atoms with Crippen LogP contribution in [0.5, 0.6) is 11.5 Å². The maximum atomic E-state index is 9.71. The maximum Gasteiger partial charge on any atom is 0.160 e. The largest absolute Gasteiger partial charge is 0.504 e. The Hall–Kier alpha value is -1.30. The molecule has 2 aliphatic rings. The van der Waals surface area contributed by atoms with Crippen LogP contribution in [0.25, 0.3) is 0 Å². The summed E-state index contributed by atoms with van der Waals surface area (Å²) in [6.45, 7) is 9.00. The van der Waals surface area contributed by atoms with Crippen molar-refractivity contribution >= 4 is 0 Å². The Morgan fingerprint density at radius 1 is 1.24 bits per heavy atom. The fraction of sp³-hybridized carbons (Fsp3) is 0.625. The highest BCUT2D eigenvalue weighted by Gasteiger charge is 2.29. The van der Waals surface area contributed by atoms with E-state index in [-0.39, 0.29) is 5.75 Å². The van der Waals surface area contributed by atoms with Crippen molar-refractivity contribution in [1.82, 2.24) is 15.1 Å². The monoisotopic (exact) mass is 291 g/mol. The molecule has 21 heavy (non-hydrogen) atoms. The van der Waals surface area contributed by atoms with Crippen molar-refractivity contribution in [3.63, 3.8) is 0 Å². The minimum absolute atomic E-state index is 0.204. The quantitative estimate of drug-likeness (QED) is 0.868. The number of benzene rings is 1. The van der Waals surface area contributed by atoms with E-state index in [0.717, 1.165) is 45.3 Å². The summed E-state index contributed by atoms with van der Waals surface area (Å²) in [6.07, 6.45) is 0. The van der Waals surface area contributed by atoms with Crippen molar-refractivity contribution in [1.29, 1.82) is 0 Å². The smallest absolute Gasteiger partial charge is 0.160 e. The molecule has 3 rings (SSSR count). The highest BCUT2D eigenvalue weighted by molar-refractivity contribution is 5.42. The van der Waals surface area contributed by atoms with Gasteiger partial charge in [0.15, 0.2) is 11.5 Å². The molecule has 0 saturated carbocycles. The number of phenols is 1. The van der Waals surface area contributed by atoms with Crippen molar-refractivity contribution < 1.29 is 9.84 Å². The zero-order valence-electron chi connectivity index (χ0n) is 12.9.